The fraction of sp³-hybridized carbons (Fsp3) is 0.583. The Kier molecular flexibility index (Phi) is 10.6. The van der Waals surface area contributed by atoms with Crippen LogP contribution in [-0.4, -0.2) is 59.9 Å². The largest absolute Gasteiger partial charge is 0.463 e. The number of ketones is 1. The second-order valence-electron chi connectivity index (χ2n) is 8.78. The maximum absolute atomic E-state index is 12.8. The molecule has 35 heavy (non-hydrogen) atoms. The number of aryl methyl sites for hydroxylation is 1. The molecule has 1 saturated heterocycles. The third kappa shape index (κ3) is 8.99. The fourth-order valence-corrected chi connectivity index (χ4v) is 3.73. The zero-order chi connectivity index (χ0) is 26.0. The number of nitrogens with zero attached hydrogens (tertiary/aromatic N) is 1. The lowest BCUT2D eigenvalue weighted by Gasteiger charge is -2.21. The second kappa shape index (κ2) is 13.4. The van der Waals surface area contributed by atoms with Gasteiger partial charge in [-0.3, -0.25) is 19.2 Å². The number of nitrogens with one attached hydrogen (secondary N) is 3. The van der Waals surface area contributed by atoms with Crippen LogP contribution in [0.4, 0.5) is 0 Å². The van der Waals surface area contributed by atoms with Crippen molar-refractivity contribution in [1.29, 1.82) is 0 Å². The third-order valence-electron chi connectivity index (χ3n) is 5.56. The molecule has 0 saturated carbocycles. The molecule has 0 aromatic carbocycles. The average Bonchev–Trinajstić information content (AvgIpc) is 3.42. The van der Waals surface area contributed by atoms with Crippen LogP contribution < -0.4 is 16.0 Å². The van der Waals surface area contributed by atoms with Gasteiger partial charge < -0.3 is 25.2 Å². The molecule has 3 N–H and O–H groups in total. The molecular weight excluding hydrogens is 456 g/mol. The quantitative estimate of drug-likeness (QED) is 0.275. The van der Waals surface area contributed by atoms with Gasteiger partial charge in [0.1, 0.15) is 5.76 Å². The maximum Gasteiger partial charge on any atom is 0.330 e. The predicted octanol–water partition coefficient (Wildman–Crippen LogP) is 1.22. The molecule has 0 aliphatic carbocycles. The molecule has 1 aliphatic rings. The Morgan fingerprint density at radius 3 is 2.57 bits per heavy atom. The first-order valence-corrected chi connectivity index (χ1v) is 11.8. The highest BCUT2D eigenvalue weighted by Crippen LogP contribution is 2.17. The van der Waals surface area contributed by atoms with Crippen LogP contribution in [0.5, 0.6) is 0 Å². The molecule has 0 unspecified atom stereocenters. The van der Waals surface area contributed by atoms with Crippen molar-refractivity contribution in [3.8, 4) is 0 Å². The summed E-state index contributed by atoms with van der Waals surface area (Å²) in [5.41, 5.74) is 0.0749. The second-order valence-corrected chi connectivity index (χ2v) is 8.78. The van der Waals surface area contributed by atoms with E-state index in [4.69, 9.17) is 9.26 Å². The van der Waals surface area contributed by atoms with E-state index in [9.17, 15) is 24.0 Å². The van der Waals surface area contributed by atoms with E-state index in [1.165, 1.54) is 18.2 Å². The van der Waals surface area contributed by atoms with Crippen molar-refractivity contribution in [2.75, 3.05) is 13.2 Å². The van der Waals surface area contributed by atoms with E-state index < -0.39 is 29.9 Å². The monoisotopic (exact) mass is 490 g/mol. The molecule has 3 amide bonds. The normalized spacial score (nSPS) is 17.2. The van der Waals surface area contributed by atoms with Crippen LogP contribution in [0.25, 0.3) is 0 Å². The number of esters is 1. The molecule has 1 aliphatic heterocycles. The Morgan fingerprint density at radius 1 is 1.26 bits per heavy atom. The summed E-state index contributed by atoms with van der Waals surface area (Å²) in [6.07, 6.45) is 3.48. The Hall–Kier alpha value is -3.50. The van der Waals surface area contributed by atoms with Crippen LogP contribution in [0.1, 0.15) is 62.7 Å². The maximum atomic E-state index is 12.8. The van der Waals surface area contributed by atoms with Crippen molar-refractivity contribution in [2.45, 2.75) is 65.5 Å². The summed E-state index contributed by atoms with van der Waals surface area (Å²) in [7, 11) is 0. The van der Waals surface area contributed by atoms with Gasteiger partial charge >= 0.3 is 5.97 Å². The van der Waals surface area contributed by atoms with Gasteiger partial charge in [-0.15, -0.1) is 0 Å². The van der Waals surface area contributed by atoms with Gasteiger partial charge in [0.05, 0.1) is 12.6 Å². The van der Waals surface area contributed by atoms with E-state index in [0.717, 1.165) is 0 Å². The molecule has 1 fully saturated rings. The lowest BCUT2D eigenvalue weighted by atomic mass is 9.96. The number of carbonyl (C=O) groups is 5. The SMILES string of the molecule is CCOC(=O)/C=C/[C@H](C[C@@H]1CCNC1=O)NC(=O)CCC(=O)[C@@H](NC(=O)c1cc(C)on1)C(C)C. The van der Waals surface area contributed by atoms with E-state index in [2.05, 4.69) is 21.1 Å². The summed E-state index contributed by atoms with van der Waals surface area (Å²) in [6.45, 7) is 7.71. The minimum absolute atomic E-state index is 0.0749. The van der Waals surface area contributed by atoms with E-state index in [1.54, 1.807) is 27.7 Å². The summed E-state index contributed by atoms with van der Waals surface area (Å²) in [6, 6.07) is 0.0972. The molecule has 1 aromatic heterocycles. The Labute approximate surface area is 204 Å². The van der Waals surface area contributed by atoms with Gasteiger partial charge in [-0.1, -0.05) is 25.1 Å². The van der Waals surface area contributed by atoms with Gasteiger partial charge in [-0.05, 0) is 32.6 Å². The number of rotatable bonds is 13. The van der Waals surface area contributed by atoms with Crippen molar-refractivity contribution in [1.82, 2.24) is 21.1 Å². The first-order valence-electron chi connectivity index (χ1n) is 11.8. The van der Waals surface area contributed by atoms with Crippen LogP contribution in [0, 0.1) is 18.8 Å². The van der Waals surface area contributed by atoms with Gasteiger partial charge in [-0.25, -0.2) is 4.79 Å². The number of Topliss-reactive ketones (excluding diaryl/α,β-unsaturated/α-hetero) is 1. The molecule has 3 atom stereocenters. The number of aromatic nitrogens is 1. The van der Waals surface area contributed by atoms with E-state index in [0.29, 0.717) is 25.1 Å². The molecule has 0 radical (unpaired) electrons. The summed E-state index contributed by atoms with van der Waals surface area (Å²) >= 11 is 0. The summed E-state index contributed by atoms with van der Waals surface area (Å²) < 4.78 is 9.77. The number of amides is 3. The van der Waals surface area contributed by atoms with Crippen molar-refractivity contribution >= 4 is 29.5 Å². The standard InChI is InChI=1S/C24H34N4O7/c1-5-34-21(31)9-6-17(13-16-10-11-25-23(16)32)26-20(30)8-7-19(29)22(14(2)3)27-24(33)18-12-15(4)35-28-18/h6,9,12,14,16-17,22H,5,7-8,10-11,13H2,1-4H3,(H,25,32)(H,26,30)(H,27,33)/b9-6+/t16-,17+,22-/m0/s1. The highest BCUT2D eigenvalue weighted by atomic mass is 16.5. The Balaban J connectivity index is 1.95. The first-order chi connectivity index (χ1) is 16.6. The van der Waals surface area contributed by atoms with Gasteiger partial charge in [0.2, 0.25) is 11.8 Å². The minimum Gasteiger partial charge on any atom is -0.463 e. The van der Waals surface area contributed by atoms with E-state index in [1.807, 2.05) is 0 Å². The van der Waals surface area contributed by atoms with Gasteiger partial charge in [0.15, 0.2) is 11.5 Å². The van der Waals surface area contributed by atoms with Gasteiger partial charge in [0.25, 0.3) is 5.91 Å². The Morgan fingerprint density at radius 2 is 2.00 bits per heavy atom. The number of hydrogen-bond acceptors (Lipinski definition) is 8. The molecule has 0 spiro atoms. The molecule has 2 rings (SSSR count). The molecule has 2 heterocycles. The van der Waals surface area contributed by atoms with Crippen LogP contribution >= 0.6 is 0 Å². The number of carbonyl (C=O) groups excluding carboxylic acids is 5. The predicted molar refractivity (Wildman–Crippen MR) is 125 cm³/mol. The number of hydrogen-bond donors (Lipinski definition) is 3. The molecule has 0 bridgehead atoms. The van der Waals surface area contributed by atoms with Gasteiger partial charge in [0, 0.05) is 43.5 Å². The highest BCUT2D eigenvalue weighted by molar-refractivity contribution is 5.97. The van der Waals surface area contributed by atoms with Crippen LogP contribution in [0.2, 0.25) is 0 Å². The topological polar surface area (TPSA) is 157 Å². The highest BCUT2D eigenvalue weighted by Gasteiger charge is 2.28. The number of ether oxygens (including phenoxy) is 1. The zero-order valence-corrected chi connectivity index (χ0v) is 20.6. The van der Waals surface area contributed by atoms with Gasteiger partial charge in [-0.2, -0.15) is 0 Å². The van der Waals surface area contributed by atoms with Crippen molar-refractivity contribution in [3.63, 3.8) is 0 Å². The lowest BCUT2D eigenvalue weighted by molar-refractivity contribution is -0.137. The minimum atomic E-state index is -0.797. The molecule has 11 nitrogen and oxygen atoms in total. The molecule has 192 valence electrons. The summed E-state index contributed by atoms with van der Waals surface area (Å²) in [4.78, 5) is 61.4. The zero-order valence-electron chi connectivity index (χ0n) is 20.6. The molecular formula is C24H34N4O7. The van der Waals surface area contributed by atoms with Crippen LogP contribution in [0.15, 0.2) is 22.7 Å². The van der Waals surface area contributed by atoms with Crippen molar-refractivity contribution < 1.29 is 33.2 Å². The van der Waals surface area contributed by atoms with Crippen LogP contribution in [-0.2, 0) is 23.9 Å². The molecule has 1 aromatic rings. The lowest BCUT2D eigenvalue weighted by Crippen LogP contribution is -2.45. The average molecular weight is 491 g/mol. The summed E-state index contributed by atoms with van der Waals surface area (Å²) in [5.74, 6) is -1.89. The van der Waals surface area contributed by atoms with E-state index >= 15 is 0 Å². The van der Waals surface area contributed by atoms with Crippen molar-refractivity contribution in [3.05, 3.63) is 29.7 Å². The van der Waals surface area contributed by atoms with E-state index in [-0.39, 0.29) is 48.7 Å². The van der Waals surface area contributed by atoms with Crippen LogP contribution in [0.3, 0.4) is 0 Å². The Bertz CT molecular complexity index is 953. The summed E-state index contributed by atoms with van der Waals surface area (Å²) in [5, 5.41) is 11.8. The molecule has 11 heteroatoms. The fourth-order valence-electron chi connectivity index (χ4n) is 3.73. The van der Waals surface area contributed by atoms with Crippen molar-refractivity contribution in [2.24, 2.45) is 11.8 Å². The third-order valence-corrected chi connectivity index (χ3v) is 5.56. The smallest absolute Gasteiger partial charge is 0.330 e. The first kappa shape index (κ1) is 27.7.